The molecule has 1 amide bonds. The predicted molar refractivity (Wildman–Crippen MR) is 83.8 cm³/mol. The molecule has 0 bridgehead atoms. The number of halogens is 2. The Bertz CT molecular complexity index is 533. The number of amides is 1. The Morgan fingerprint density at radius 2 is 2.29 bits per heavy atom. The molecule has 5 nitrogen and oxygen atoms in total. The molecule has 1 aromatic heterocycles. The van der Waals surface area contributed by atoms with Crippen molar-refractivity contribution in [2.75, 3.05) is 13.2 Å². The predicted octanol–water partition coefficient (Wildman–Crippen LogP) is 3.89. The minimum atomic E-state index is -0.483. The van der Waals surface area contributed by atoms with E-state index in [1.54, 1.807) is 17.2 Å². The molecule has 1 aromatic rings. The van der Waals surface area contributed by atoms with Crippen molar-refractivity contribution in [3.8, 4) is 5.75 Å². The summed E-state index contributed by atoms with van der Waals surface area (Å²) in [7, 11) is 0. The number of aromatic nitrogens is 1. The maximum Gasteiger partial charge on any atom is 0.410 e. The summed E-state index contributed by atoms with van der Waals surface area (Å²) in [6.45, 7) is 6.67. The van der Waals surface area contributed by atoms with Gasteiger partial charge in [0.05, 0.1) is 16.7 Å². The number of nitrogens with zero attached hydrogens (tertiary/aromatic N) is 2. The minimum Gasteiger partial charge on any atom is -0.490 e. The molecule has 0 spiro atoms. The van der Waals surface area contributed by atoms with Crippen molar-refractivity contribution in [3.05, 3.63) is 21.9 Å². The molecular weight excluding hydrogens is 360 g/mol. The second-order valence-electron chi connectivity index (χ2n) is 5.87. The van der Waals surface area contributed by atoms with E-state index in [2.05, 4.69) is 20.9 Å². The molecule has 1 saturated heterocycles. The second-order valence-corrected chi connectivity index (χ2v) is 7.08. The first kappa shape index (κ1) is 16.4. The lowest BCUT2D eigenvalue weighted by Crippen LogP contribution is -2.55. The molecule has 1 aliphatic heterocycles. The monoisotopic (exact) mass is 376 g/mol. The van der Waals surface area contributed by atoms with E-state index in [0.29, 0.717) is 28.5 Å². The number of likely N-dealkylation sites (tertiary alicyclic amines) is 1. The van der Waals surface area contributed by atoms with Gasteiger partial charge in [-0.25, -0.2) is 9.78 Å². The summed E-state index contributed by atoms with van der Waals surface area (Å²) in [6, 6.07) is 1.79. The Hall–Kier alpha value is -1.01. The molecule has 1 unspecified atom stereocenters. The molecule has 2 heterocycles. The van der Waals surface area contributed by atoms with Gasteiger partial charge in [0.1, 0.15) is 23.1 Å². The quantitative estimate of drug-likeness (QED) is 0.750. The van der Waals surface area contributed by atoms with E-state index in [1.807, 2.05) is 20.8 Å². The van der Waals surface area contributed by atoms with E-state index in [9.17, 15) is 4.79 Å². The fraction of sp³-hybridized carbons (Fsp3) is 0.571. The zero-order valence-corrected chi connectivity index (χ0v) is 14.6. The van der Waals surface area contributed by atoms with Crippen LogP contribution in [0.3, 0.4) is 0 Å². The van der Waals surface area contributed by atoms with Gasteiger partial charge in [-0.3, -0.25) is 0 Å². The molecule has 1 aliphatic rings. The van der Waals surface area contributed by atoms with Crippen LogP contribution in [0.15, 0.2) is 16.7 Å². The number of carbonyl (C=O) groups excluding carboxylic acids is 1. The molecule has 21 heavy (non-hydrogen) atoms. The van der Waals surface area contributed by atoms with Gasteiger partial charge in [0.2, 0.25) is 0 Å². The number of hydrogen-bond acceptors (Lipinski definition) is 4. The molecular formula is C14H18BrClN2O3. The van der Waals surface area contributed by atoms with Gasteiger partial charge in [0.15, 0.2) is 0 Å². The highest BCUT2D eigenvalue weighted by Crippen LogP contribution is 2.26. The molecule has 116 valence electrons. The molecule has 0 radical (unpaired) electrons. The third kappa shape index (κ3) is 4.48. The van der Waals surface area contributed by atoms with Crippen LogP contribution >= 0.6 is 27.5 Å². The maximum absolute atomic E-state index is 12.0. The van der Waals surface area contributed by atoms with Gasteiger partial charge in [-0.1, -0.05) is 11.6 Å². The van der Waals surface area contributed by atoms with Crippen LogP contribution in [0.4, 0.5) is 4.79 Å². The van der Waals surface area contributed by atoms with Crippen LogP contribution in [0.1, 0.15) is 27.2 Å². The van der Waals surface area contributed by atoms with Gasteiger partial charge >= 0.3 is 6.09 Å². The zero-order chi connectivity index (χ0) is 15.6. The fourth-order valence-electron chi connectivity index (χ4n) is 1.85. The number of carbonyl (C=O) groups is 1. The average Bonchev–Trinajstić information content (AvgIpc) is 2.30. The Kier molecular flexibility index (Phi) is 4.99. The van der Waals surface area contributed by atoms with E-state index in [4.69, 9.17) is 21.1 Å². The normalized spacial score (nSPS) is 18.1. The van der Waals surface area contributed by atoms with Crippen LogP contribution in [0.2, 0.25) is 5.15 Å². The zero-order valence-electron chi connectivity index (χ0n) is 12.2. The smallest absolute Gasteiger partial charge is 0.410 e. The molecule has 0 aromatic carbocycles. The summed E-state index contributed by atoms with van der Waals surface area (Å²) >= 11 is 9.12. The van der Waals surface area contributed by atoms with Crippen molar-refractivity contribution in [1.82, 2.24) is 9.88 Å². The maximum atomic E-state index is 12.0. The van der Waals surface area contributed by atoms with Crippen molar-refractivity contribution in [3.63, 3.8) is 0 Å². The average molecular weight is 378 g/mol. The third-order valence-electron chi connectivity index (χ3n) is 2.99. The summed E-state index contributed by atoms with van der Waals surface area (Å²) in [6.07, 6.45) is 2.17. The highest BCUT2D eigenvalue weighted by atomic mass is 79.9. The SMILES string of the molecule is CC(C)(C)OC(=O)N1CCC1COc1cnc(Cl)c(Br)c1. The van der Waals surface area contributed by atoms with Crippen LogP contribution in [0, 0.1) is 0 Å². The highest BCUT2D eigenvalue weighted by Gasteiger charge is 2.35. The Morgan fingerprint density at radius 3 is 2.81 bits per heavy atom. The van der Waals surface area contributed by atoms with E-state index in [1.165, 1.54) is 0 Å². The number of pyridine rings is 1. The van der Waals surface area contributed by atoms with Crippen LogP contribution in [0.5, 0.6) is 5.75 Å². The lowest BCUT2D eigenvalue weighted by atomic mass is 10.1. The first-order valence-electron chi connectivity index (χ1n) is 6.70. The third-order valence-corrected chi connectivity index (χ3v) is 4.12. The van der Waals surface area contributed by atoms with Gasteiger partial charge in [-0.15, -0.1) is 0 Å². The summed E-state index contributed by atoms with van der Waals surface area (Å²) in [4.78, 5) is 17.6. The van der Waals surface area contributed by atoms with Gasteiger partial charge in [-0.2, -0.15) is 0 Å². The molecule has 7 heteroatoms. The van der Waals surface area contributed by atoms with Gasteiger partial charge in [0.25, 0.3) is 0 Å². The molecule has 0 saturated carbocycles. The van der Waals surface area contributed by atoms with Crippen molar-refractivity contribution >= 4 is 33.6 Å². The molecule has 0 aliphatic carbocycles. The van der Waals surface area contributed by atoms with Crippen LogP contribution < -0.4 is 4.74 Å². The lowest BCUT2D eigenvalue weighted by Gasteiger charge is -2.40. The van der Waals surface area contributed by atoms with Crippen molar-refractivity contribution in [2.24, 2.45) is 0 Å². The van der Waals surface area contributed by atoms with Crippen LogP contribution in [-0.2, 0) is 4.74 Å². The van der Waals surface area contributed by atoms with Crippen molar-refractivity contribution in [1.29, 1.82) is 0 Å². The van der Waals surface area contributed by atoms with Crippen molar-refractivity contribution in [2.45, 2.75) is 38.8 Å². The van der Waals surface area contributed by atoms with Crippen LogP contribution in [-0.4, -0.2) is 40.8 Å². The van der Waals surface area contributed by atoms with E-state index >= 15 is 0 Å². The van der Waals surface area contributed by atoms with E-state index < -0.39 is 5.60 Å². The molecule has 0 N–H and O–H groups in total. The first-order chi connectivity index (χ1) is 9.76. The summed E-state index contributed by atoms with van der Waals surface area (Å²) < 4.78 is 11.7. The van der Waals surface area contributed by atoms with E-state index in [0.717, 1.165) is 6.42 Å². The highest BCUT2D eigenvalue weighted by molar-refractivity contribution is 9.10. The Morgan fingerprint density at radius 1 is 1.57 bits per heavy atom. The number of rotatable bonds is 3. The largest absolute Gasteiger partial charge is 0.490 e. The van der Waals surface area contributed by atoms with Gasteiger partial charge in [0, 0.05) is 6.54 Å². The fourth-order valence-corrected chi connectivity index (χ4v) is 2.28. The minimum absolute atomic E-state index is 0.0364. The van der Waals surface area contributed by atoms with Crippen LogP contribution in [0.25, 0.3) is 0 Å². The van der Waals surface area contributed by atoms with Gasteiger partial charge < -0.3 is 14.4 Å². The number of ether oxygens (including phenoxy) is 2. The van der Waals surface area contributed by atoms with Gasteiger partial charge in [-0.05, 0) is 49.2 Å². The summed E-state index contributed by atoms with van der Waals surface area (Å²) in [5.74, 6) is 0.613. The lowest BCUT2D eigenvalue weighted by molar-refractivity contribution is -0.0141. The first-order valence-corrected chi connectivity index (χ1v) is 7.87. The summed E-state index contributed by atoms with van der Waals surface area (Å²) in [5, 5.41) is 0.390. The molecule has 2 rings (SSSR count). The molecule has 1 fully saturated rings. The number of hydrogen-bond donors (Lipinski definition) is 0. The van der Waals surface area contributed by atoms with Crippen molar-refractivity contribution < 1.29 is 14.3 Å². The molecule has 1 atom stereocenters. The Labute approximate surface area is 137 Å². The Balaban J connectivity index is 1.86. The topological polar surface area (TPSA) is 51.7 Å². The standard InChI is InChI=1S/C14H18BrClN2O3/c1-14(2,3)21-13(19)18-5-4-9(18)8-20-10-6-11(15)12(16)17-7-10/h6-7,9H,4-5,8H2,1-3H3. The summed E-state index contributed by atoms with van der Waals surface area (Å²) in [5.41, 5.74) is -0.483. The second kappa shape index (κ2) is 6.40. The van der Waals surface area contributed by atoms with E-state index in [-0.39, 0.29) is 12.1 Å².